The van der Waals surface area contributed by atoms with E-state index in [9.17, 15) is 9.59 Å². The summed E-state index contributed by atoms with van der Waals surface area (Å²) >= 11 is 0. The number of anilines is 1. The molecule has 172 valence electrons. The molecule has 1 fully saturated rings. The molecule has 1 amide bonds. The van der Waals surface area contributed by atoms with Crippen LogP contribution in [-0.4, -0.2) is 49.5 Å². The lowest BCUT2D eigenvalue weighted by atomic mass is 10.0. The number of nitrogens with one attached hydrogen (secondary N) is 1. The van der Waals surface area contributed by atoms with Crippen molar-refractivity contribution in [2.45, 2.75) is 31.4 Å². The van der Waals surface area contributed by atoms with Crippen LogP contribution in [0.4, 0.5) is 5.95 Å². The van der Waals surface area contributed by atoms with Crippen molar-refractivity contribution in [3.63, 3.8) is 0 Å². The van der Waals surface area contributed by atoms with Crippen molar-refractivity contribution >= 4 is 23.5 Å². The topological polar surface area (TPSA) is 113 Å². The van der Waals surface area contributed by atoms with Gasteiger partial charge in [-0.05, 0) is 31.0 Å². The Morgan fingerprint density at radius 1 is 1.09 bits per heavy atom. The smallest absolute Gasteiger partial charge is 0.339 e. The molecule has 0 radical (unpaired) electrons. The van der Waals surface area contributed by atoms with Gasteiger partial charge in [-0.3, -0.25) is 14.8 Å². The quantitative estimate of drug-likeness (QED) is 0.457. The maximum Gasteiger partial charge on any atom is 0.339 e. The molecule has 3 aromatic heterocycles. The number of carbonyl (C=O) groups is 2. The zero-order valence-corrected chi connectivity index (χ0v) is 18.3. The third kappa shape index (κ3) is 3.81. The van der Waals surface area contributed by atoms with Gasteiger partial charge < -0.3 is 9.47 Å². The number of cyclic esters (lactones) is 1. The fourth-order valence-corrected chi connectivity index (χ4v) is 4.46. The van der Waals surface area contributed by atoms with Crippen molar-refractivity contribution in [3.05, 3.63) is 66.1 Å². The van der Waals surface area contributed by atoms with Crippen molar-refractivity contribution in [1.82, 2.24) is 24.4 Å². The van der Waals surface area contributed by atoms with Gasteiger partial charge in [-0.25, -0.2) is 9.31 Å². The van der Waals surface area contributed by atoms with Crippen LogP contribution >= 0.6 is 0 Å². The number of fused-ring (bicyclic) bond motifs is 2. The first-order valence-electron chi connectivity index (χ1n) is 11.2. The maximum atomic E-state index is 12.6. The molecule has 0 bridgehead atoms. The number of pyridine rings is 1. The summed E-state index contributed by atoms with van der Waals surface area (Å²) in [6, 6.07) is 11.2. The highest BCUT2D eigenvalue weighted by atomic mass is 16.5. The van der Waals surface area contributed by atoms with E-state index in [4.69, 9.17) is 9.47 Å². The molecular formula is C24H22N6O4. The first kappa shape index (κ1) is 20.5. The van der Waals surface area contributed by atoms with Gasteiger partial charge in [0.05, 0.1) is 24.2 Å². The van der Waals surface area contributed by atoms with Crippen LogP contribution in [0.15, 0.2) is 55.0 Å². The van der Waals surface area contributed by atoms with E-state index in [-0.39, 0.29) is 18.3 Å². The molecule has 1 aromatic carbocycles. The number of ether oxygens (including phenoxy) is 2. The zero-order valence-electron chi connectivity index (χ0n) is 18.3. The Bertz CT molecular complexity index is 1390. The average molecular weight is 458 g/mol. The molecule has 0 spiro atoms. The first-order chi connectivity index (χ1) is 16.6. The highest BCUT2D eigenvalue weighted by molar-refractivity contribution is 5.96. The first-order valence-corrected chi connectivity index (χ1v) is 11.2. The van der Waals surface area contributed by atoms with Gasteiger partial charge in [0.15, 0.2) is 5.65 Å². The molecule has 2 aliphatic rings. The molecule has 34 heavy (non-hydrogen) atoms. The minimum absolute atomic E-state index is 0.00501. The number of esters is 1. The Morgan fingerprint density at radius 2 is 1.94 bits per heavy atom. The molecule has 6 rings (SSSR count). The lowest BCUT2D eigenvalue weighted by molar-refractivity contribution is -0.118. The van der Waals surface area contributed by atoms with Crippen LogP contribution < -0.4 is 5.32 Å². The van der Waals surface area contributed by atoms with Gasteiger partial charge in [0.2, 0.25) is 11.9 Å². The van der Waals surface area contributed by atoms with Crippen LogP contribution in [-0.2, 0) is 14.3 Å². The van der Waals surface area contributed by atoms with E-state index in [1.165, 1.54) is 0 Å². The molecule has 1 atom stereocenters. The summed E-state index contributed by atoms with van der Waals surface area (Å²) in [5.41, 5.74) is 3.75. The predicted octanol–water partition coefficient (Wildman–Crippen LogP) is 3.18. The number of amides is 1. The molecular weight excluding hydrogens is 436 g/mol. The summed E-state index contributed by atoms with van der Waals surface area (Å²) in [5, 5.41) is 11.6. The zero-order chi connectivity index (χ0) is 23.1. The molecule has 1 N–H and O–H groups in total. The Labute approximate surface area is 194 Å². The largest absolute Gasteiger partial charge is 0.453 e. The summed E-state index contributed by atoms with van der Waals surface area (Å²) < 4.78 is 14.4. The summed E-state index contributed by atoms with van der Waals surface area (Å²) in [5.74, 6) is -0.548. The Kier molecular flexibility index (Phi) is 5.06. The Balaban J connectivity index is 1.16. The van der Waals surface area contributed by atoms with E-state index in [2.05, 4.69) is 20.5 Å². The van der Waals surface area contributed by atoms with Crippen LogP contribution in [0.3, 0.4) is 0 Å². The molecule has 10 nitrogen and oxygen atoms in total. The van der Waals surface area contributed by atoms with Gasteiger partial charge >= 0.3 is 5.97 Å². The van der Waals surface area contributed by atoms with Crippen LogP contribution in [0.5, 0.6) is 0 Å². The maximum absolute atomic E-state index is 12.6. The van der Waals surface area contributed by atoms with Crippen LogP contribution in [0.25, 0.3) is 16.8 Å². The number of benzene rings is 1. The van der Waals surface area contributed by atoms with Crippen molar-refractivity contribution in [1.29, 1.82) is 0 Å². The average Bonchev–Trinajstić information content (AvgIpc) is 3.57. The lowest BCUT2D eigenvalue weighted by Gasteiger charge is -2.22. The van der Waals surface area contributed by atoms with Crippen molar-refractivity contribution in [3.8, 4) is 11.1 Å². The molecule has 10 heteroatoms. The molecule has 0 saturated carbocycles. The van der Waals surface area contributed by atoms with Gasteiger partial charge in [0.25, 0.3) is 0 Å². The SMILES string of the molecule is O=C(C[C@H]1OC(=O)c2ccccc21)Nc1nc2ccc(-c3cnn(C4CCOCC4)c3)cn2n1. The predicted molar refractivity (Wildman–Crippen MR) is 121 cm³/mol. The normalized spacial score (nSPS) is 18.1. The van der Waals surface area contributed by atoms with Crippen LogP contribution in [0, 0.1) is 0 Å². The van der Waals surface area contributed by atoms with E-state index in [0.717, 1.165) is 42.7 Å². The fraction of sp³-hybridized carbons (Fsp3) is 0.292. The second-order valence-corrected chi connectivity index (χ2v) is 8.44. The highest BCUT2D eigenvalue weighted by Crippen LogP contribution is 2.33. The highest BCUT2D eigenvalue weighted by Gasteiger charge is 2.32. The summed E-state index contributed by atoms with van der Waals surface area (Å²) in [6.07, 6.45) is 7.04. The third-order valence-electron chi connectivity index (χ3n) is 6.23. The fourth-order valence-electron chi connectivity index (χ4n) is 4.46. The number of hydrogen-bond donors (Lipinski definition) is 1. The van der Waals surface area contributed by atoms with Gasteiger partial charge in [-0.1, -0.05) is 18.2 Å². The number of aromatic nitrogens is 5. The van der Waals surface area contributed by atoms with E-state index in [1.54, 1.807) is 22.7 Å². The molecule has 1 saturated heterocycles. The van der Waals surface area contributed by atoms with Gasteiger partial charge in [0, 0.05) is 42.3 Å². The number of nitrogens with zero attached hydrogens (tertiary/aromatic N) is 5. The van der Waals surface area contributed by atoms with Gasteiger partial charge in [-0.15, -0.1) is 5.10 Å². The van der Waals surface area contributed by atoms with E-state index >= 15 is 0 Å². The van der Waals surface area contributed by atoms with Crippen molar-refractivity contribution in [2.24, 2.45) is 0 Å². The van der Waals surface area contributed by atoms with E-state index in [0.29, 0.717) is 17.3 Å². The van der Waals surface area contributed by atoms with Gasteiger partial charge in [0.1, 0.15) is 6.10 Å². The molecule has 4 aromatic rings. The Morgan fingerprint density at radius 3 is 2.82 bits per heavy atom. The lowest BCUT2D eigenvalue weighted by Crippen LogP contribution is -2.19. The minimum Gasteiger partial charge on any atom is -0.453 e. The Hall–Kier alpha value is -4.05. The van der Waals surface area contributed by atoms with E-state index in [1.807, 2.05) is 41.5 Å². The standard InChI is InChI=1S/C24H22N6O4/c31-22(11-20-18-3-1-2-4-19(18)23(32)34-20)27-24-26-21-6-5-15(13-30(21)28-24)16-12-25-29(14-16)17-7-9-33-10-8-17/h1-6,12-14,17,20H,7-11H2,(H,27,28,31)/t20-/m1/s1. The summed E-state index contributed by atoms with van der Waals surface area (Å²) in [7, 11) is 0. The summed E-state index contributed by atoms with van der Waals surface area (Å²) in [6.45, 7) is 1.52. The van der Waals surface area contributed by atoms with E-state index < -0.39 is 12.1 Å². The van der Waals surface area contributed by atoms with Crippen LogP contribution in [0.2, 0.25) is 0 Å². The second-order valence-electron chi connectivity index (χ2n) is 8.44. The number of carbonyl (C=O) groups excluding carboxylic acids is 2. The molecule has 5 heterocycles. The second kappa shape index (κ2) is 8.38. The van der Waals surface area contributed by atoms with Crippen molar-refractivity contribution < 1.29 is 19.1 Å². The molecule has 0 unspecified atom stereocenters. The van der Waals surface area contributed by atoms with Gasteiger partial charge in [-0.2, -0.15) is 10.1 Å². The monoisotopic (exact) mass is 458 g/mol. The molecule has 2 aliphatic heterocycles. The summed E-state index contributed by atoms with van der Waals surface area (Å²) in [4.78, 5) is 28.9. The van der Waals surface area contributed by atoms with Crippen molar-refractivity contribution in [2.75, 3.05) is 18.5 Å². The third-order valence-corrected chi connectivity index (χ3v) is 6.23. The molecule has 0 aliphatic carbocycles. The minimum atomic E-state index is -0.611. The van der Waals surface area contributed by atoms with Crippen LogP contribution in [0.1, 0.15) is 47.3 Å². The number of rotatable bonds is 5. The number of hydrogen-bond acceptors (Lipinski definition) is 7.